The molecule has 1 N–H and O–H groups in total. The minimum absolute atomic E-state index is 0.109. The summed E-state index contributed by atoms with van der Waals surface area (Å²) < 4.78 is 16.9. The third kappa shape index (κ3) is 4.01. The van der Waals surface area contributed by atoms with Crippen molar-refractivity contribution in [2.75, 3.05) is 11.6 Å². The second kappa shape index (κ2) is 6.45. The standard InChI is InChI=1S/C15H15NO3S/c1-11(17)16-12-3-5-13(6-4-12)19-14-7-9-15(10-8-14)20(2)18/h3-10H,1-2H3,(H,16,17). The SMILES string of the molecule is CC(=O)Nc1ccc(Oc2ccc([S+](C)[O-])cc2)cc1. The number of ether oxygens (including phenoxy) is 1. The summed E-state index contributed by atoms with van der Waals surface area (Å²) in [4.78, 5) is 11.7. The first-order valence-corrected chi connectivity index (χ1v) is 7.59. The molecule has 1 atom stereocenters. The predicted octanol–water partition coefficient (Wildman–Crippen LogP) is 3.17. The van der Waals surface area contributed by atoms with Gasteiger partial charge in [0.15, 0.2) is 4.90 Å². The fourth-order valence-electron chi connectivity index (χ4n) is 1.64. The van der Waals surface area contributed by atoms with E-state index in [2.05, 4.69) is 5.32 Å². The van der Waals surface area contributed by atoms with Crippen molar-refractivity contribution in [3.05, 3.63) is 48.5 Å². The van der Waals surface area contributed by atoms with Crippen LogP contribution in [0.4, 0.5) is 5.69 Å². The molecule has 0 aromatic heterocycles. The summed E-state index contributed by atoms with van der Waals surface area (Å²) >= 11 is -0.988. The van der Waals surface area contributed by atoms with Crippen LogP contribution in [0, 0.1) is 0 Å². The van der Waals surface area contributed by atoms with E-state index in [-0.39, 0.29) is 5.91 Å². The number of nitrogens with one attached hydrogen (secondary N) is 1. The molecule has 1 amide bonds. The second-order valence-corrected chi connectivity index (χ2v) is 5.61. The molecule has 0 bridgehead atoms. The van der Waals surface area contributed by atoms with E-state index in [1.165, 1.54) is 6.92 Å². The van der Waals surface area contributed by atoms with Gasteiger partial charge in [-0.15, -0.1) is 0 Å². The average Bonchev–Trinajstić information content (AvgIpc) is 2.41. The van der Waals surface area contributed by atoms with Crippen LogP contribution in [0.3, 0.4) is 0 Å². The lowest BCUT2D eigenvalue weighted by Crippen LogP contribution is -2.05. The Morgan fingerprint density at radius 1 is 1.05 bits per heavy atom. The third-order valence-corrected chi connectivity index (χ3v) is 3.50. The zero-order chi connectivity index (χ0) is 14.5. The predicted molar refractivity (Wildman–Crippen MR) is 79.6 cm³/mol. The third-order valence-electron chi connectivity index (χ3n) is 2.57. The van der Waals surface area contributed by atoms with Crippen LogP contribution in [-0.4, -0.2) is 16.7 Å². The Morgan fingerprint density at radius 3 is 2.00 bits per heavy atom. The number of carbonyl (C=O) groups is 1. The number of rotatable bonds is 4. The average molecular weight is 289 g/mol. The van der Waals surface area contributed by atoms with Crippen molar-refractivity contribution in [3.8, 4) is 11.5 Å². The van der Waals surface area contributed by atoms with Crippen molar-refractivity contribution in [1.82, 2.24) is 0 Å². The molecule has 104 valence electrons. The molecular formula is C15H15NO3S. The molecule has 20 heavy (non-hydrogen) atoms. The fourth-order valence-corrected chi connectivity index (χ4v) is 2.16. The molecular weight excluding hydrogens is 274 g/mol. The van der Waals surface area contributed by atoms with Gasteiger partial charge in [-0.25, -0.2) is 0 Å². The summed E-state index contributed by atoms with van der Waals surface area (Å²) in [6.07, 6.45) is 1.64. The minimum Gasteiger partial charge on any atom is -0.612 e. The van der Waals surface area contributed by atoms with E-state index in [1.807, 2.05) is 0 Å². The van der Waals surface area contributed by atoms with Gasteiger partial charge in [0, 0.05) is 12.6 Å². The van der Waals surface area contributed by atoms with Crippen LogP contribution in [0.1, 0.15) is 6.92 Å². The van der Waals surface area contributed by atoms with Crippen molar-refractivity contribution in [1.29, 1.82) is 0 Å². The Labute approximate surface area is 121 Å². The lowest BCUT2D eigenvalue weighted by atomic mass is 10.3. The number of carbonyl (C=O) groups excluding carboxylic acids is 1. The summed E-state index contributed by atoms with van der Waals surface area (Å²) in [5.74, 6) is 1.23. The molecule has 0 spiro atoms. The molecule has 2 aromatic carbocycles. The molecule has 0 saturated heterocycles. The Morgan fingerprint density at radius 2 is 1.55 bits per heavy atom. The fraction of sp³-hybridized carbons (Fsp3) is 0.133. The van der Waals surface area contributed by atoms with E-state index in [1.54, 1.807) is 54.8 Å². The summed E-state index contributed by atoms with van der Waals surface area (Å²) in [6, 6.07) is 14.2. The van der Waals surface area contributed by atoms with Gasteiger partial charge in [0.25, 0.3) is 0 Å². The quantitative estimate of drug-likeness (QED) is 0.879. The van der Waals surface area contributed by atoms with Gasteiger partial charge in [0.2, 0.25) is 5.91 Å². The normalized spacial score (nSPS) is 11.8. The number of amides is 1. The van der Waals surface area contributed by atoms with Gasteiger partial charge >= 0.3 is 0 Å². The molecule has 0 aliphatic rings. The monoisotopic (exact) mass is 289 g/mol. The molecule has 0 fully saturated rings. The van der Waals surface area contributed by atoms with Gasteiger partial charge < -0.3 is 14.6 Å². The summed E-state index contributed by atoms with van der Waals surface area (Å²) in [5.41, 5.74) is 0.724. The summed E-state index contributed by atoms with van der Waals surface area (Å²) in [7, 11) is 0. The highest BCUT2D eigenvalue weighted by molar-refractivity contribution is 7.90. The maximum atomic E-state index is 11.3. The molecule has 2 rings (SSSR count). The number of hydrogen-bond donors (Lipinski definition) is 1. The van der Waals surface area contributed by atoms with Gasteiger partial charge in [-0.05, 0) is 59.7 Å². The van der Waals surface area contributed by atoms with E-state index in [9.17, 15) is 9.35 Å². The number of hydrogen-bond acceptors (Lipinski definition) is 3. The Kier molecular flexibility index (Phi) is 4.65. The van der Waals surface area contributed by atoms with Crippen LogP contribution < -0.4 is 10.1 Å². The second-order valence-electron chi connectivity index (χ2n) is 4.23. The first kappa shape index (κ1) is 14.4. The Hall–Kier alpha value is -1.98. The molecule has 0 radical (unpaired) electrons. The van der Waals surface area contributed by atoms with Crippen molar-refractivity contribution in [2.24, 2.45) is 0 Å². The highest BCUT2D eigenvalue weighted by Crippen LogP contribution is 2.24. The van der Waals surface area contributed by atoms with Crippen molar-refractivity contribution >= 4 is 22.8 Å². The Bertz CT molecular complexity index is 579. The highest BCUT2D eigenvalue weighted by Gasteiger charge is 2.04. The maximum Gasteiger partial charge on any atom is 0.221 e. The van der Waals surface area contributed by atoms with Crippen molar-refractivity contribution < 1.29 is 14.1 Å². The van der Waals surface area contributed by atoms with Gasteiger partial charge in [-0.1, -0.05) is 0 Å². The zero-order valence-electron chi connectivity index (χ0n) is 11.3. The molecule has 0 aliphatic heterocycles. The summed E-state index contributed by atoms with van der Waals surface area (Å²) in [6.45, 7) is 1.46. The molecule has 4 nitrogen and oxygen atoms in total. The van der Waals surface area contributed by atoms with E-state index >= 15 is 0 Å². The van der Waals surface area contributed by atoms with Crippen LogP contribution in [0.15, 0.2) is 53.4 Å². The van der Waals surface area contributed by atoms with Crippen LogP contribution in [-0.2, 0) is 16.0 Å². The first-order chi connectivity index (χ1) is 9.54. The highest BCUT2D eigenvalue weighted by atomic mass is 32.2. The van der Waals surface area contributed by atoms with Crippen molar-refractivity contribution in [3.63, 3.8) is 0 Å². The lowest BCUT2D eigenvalue weighted by molar-refractivity contribution is -0.114. The molecule has 1 unspecified atom stereocenters. The molecule has 0 aliphatic carbocycles. The first-order valence-electron chi connectivity index (χ1n) is 6.03. The van der Waals surface area contributed by atoms with Gasteiger partial charge in [-0.3, -0.25) is 4.79 Å². The maximum absolute atomic E-state index is 11.3. The lowest BCUT2D eigenvalue weighted by Gasteiger charge is -2.08. The Balaban J connectivity index is 2.04. The van der Waals surface area contributed by atoms with E-state index in [0.29, 0.717) is 11.5 Å². The number of anilines is 1. The number of benzene rings is 2. The molecule has 2 aromatic rings. The van der Waals surface area contributed by atoms with Crippen LogP contribution >= 0.6 is 0 Å². The van der Waals surface area contributed by atoms with Crippen LogP contribution in [0.5, 0.6) is 11.5 Å². The topological polar surface area (TPSA) is 61.4 Å². The smallest absolute Gasteiger partial charge is 0.221 e. The van der Waals surface area contributed by atoms with Crippen LogP contribution in [0.2, 0.25) is 0 Å². The van der Waals surface area contributed by atoms with Gasteiger partial charge in [0.05, 0.1) is 0 Å². The van der Waals surface area contributed by atoms with Gasteiger partial charge in [0.1, 0.15) is 17.8 Å². The molecule has 5 heteroatoms. The van der Waals surface area contributed by atoms with Gasteiger partial charge in [-0.2, -0.15) is 0 Å². The minimum atomic E-state index is -0.988. The largest absolute Gasteiger partial charge is 0.612 e. The van der Waals surface area contributed by atoms with E-state index < -0.39 is 11.2 Å². The zero-order valence-corrected chi connectivity index (χ0v) is 12.1. The van der Waals surface area contributed by atoms with E-state index in [0.717, 1.165) is 10.6 Å². The molecule has 0 saturated carbocycles. The van der Waals surface area contributed by atoms with Crippen molar-refractivity contribution in [2.45, 2.75) is 11.8 Å². The van der Waals surface area contributed by atoms with Crippen LogP contribution in [0.25, 0.3) is 0 Å². The molecule has 0 heterocycles. The summed E-state index contributed by atoms with van der Waals surface area (Å²) in [5, 5.41) is 2.69. The van der Waals surface area contributed by atoms with E-state index in [4.69, 9.17) is 4.74 Å².